The van der Waals surface area contributed by atoms with E-state index >= 15 is 0 Å². The van der Waals surface area contributed by atoms with Gasteiger partial charge < -0.3 is 10.5 Å². The minimum absolute atomic E-state index is 0.276. The molecule has 6 heteroatoms. The van der Waals surface area contributed by atoms with Crippen molar-refractivity contribution >= 4 is 33.6 Å². The van der Waals surface area contributed by atoms with Gasteiger partial charge in [0.25, 0.3) is 0 Å². The first-order valence-corrected chi connectivity index (χ1v) is 6.40. The maximum atomic E-state index is 5.55. The molecule has 82 valence electrons. The number of hydrogen-bond acceptors (Lipinski definition) is 5. The van der Waals surface area contributed by atoms with Crippen LogP contribution in [0.15, 0.2) is 15.7 Å². The van der Waals surface area contributed by atoms with Gasteiger partial charge in [-0.1, -0.05) is 11.8 Å². The smallest absolute Gasteiger partial charge is 0.221 e. The Labute approximate surface area is 101 Å². The van der Waals surface area contributed by atoms with Crippen LogP contribution in [0.4, 0.5) is 5.95 Å². The van der Waals surface area contributed by atoms with E-state index in [9.17, 15) is 0 Å². The molecule has 2 unspecified atom stereocenters. The lowest BCUT2D eigenvalue weighted by molar-refractivity contribution is 0.127. The number of halogens is 1. The van der Waals surface area contributed by atoms with Crippen LogP contribution in [0.5, 0.6) is 0 Å². The predicted octanol–water partition coefficient (Wildman–Crippen LogP) is 2.09. The molecule has 1 aromatic rings. The molecule has 0 amide bonds. The van der Waals surface area contributed by atoms with E-state index in [1.54, 1.807) is 18.0 Å². The van der Waals surface area contributed by atoms with Gasteiger partial charge in [0.2, 0.25) is 5.95 Å². The third-order valence-electron chi connectivity index (χ3n) is 2.30. The highest BCUT2D eigenvalue weighted by Crippen LogP contribution is 2.35. The van der Waals surface area contributed by atoms with Gasteiger partial charge in [-0.3, -0.25) is 0 Å². The Kier molecular flexibility index (Phi) is 3.48. The fourth-order valence-electron chi connectivity index (χ4n) is 1.46. The van der Waals surface area contributed by atoms with E-state index in [1.807, 2.05) is 0 Å². The monoisotopic (exact) mass is 289 g/mol. The van der Waals surface area contributed by atoms with Gasteiger partial charge >= 0.3 is 0 Å². The standard InChI is InChI=1S/C9H12BrN3OS/c1-5-7(2-3-14-5)15-8-6(10)4-12-9(11)13-8/h4-5,7H,2-3H2,1H3,(H2,11,12,13). The number of ether oxygens (including phenoxy) is 1. The first kappa shape index (κ1) is 11.2. The maximum Gasteiger partial charge on any atom is 0.221 e. The lowest BCUT2D eigenvalue weighted by Crippen LogP contribution is -2.13. The molecule has 1 saturated heterocycles. The Balaban J connectivity index is 2.12. The van der Waals surface area contributed by atoms with Crippen LogP contribution in [0.1, 0.15) is 13.3 Å². The number of nitrogen functional groups attached to an aromatic ring is 1. The Morgan fingerprint density at radius 3 is 3.13 bits per heavy atom. The van der Waals surface area contributed by atoms with Gasteiger partial charge in [-0.15, -0.1) is 0 Å². The van der Waals surface area contributed by atoms with E-state index < -0.39 is 0 Å². The summed E-state index contributed by atoms with van der Waals surface area (Å²) in [4.78, 5) is 8.11. The minimum Gasteiger partial charge on any atom is -0.377 e. The summed E-state index contributed by atoms with van der Waals surface area (Å²) in [5.74, 6) is 0.312. The second-order valence-corrected chi connectivity index (χ2v) is 5.48. The first-order valence-electron chi connectivity index (χ1n) is 4.73. The van der Waals surface area contributed by atoms with Crippen molar-refractivity contribution < 1.29 is 4.74 Å². The zero-order valence-corrected chi connectivity index (χ0v) is 10.7. The fraction of sp³-hybridized carbons (Fsp3) is 0.556. The molecule has 1 aliphatic heterocycles. The number of aromatic nitrogens is 2. The van der Waals surface area contributed by atoms with Crippen LogP contribution in [0, 0.1) is 0 Å². The molecular weight excluding hydrogens is 278 g/mol. The van der Waals surface area contributed by atoms with Crippen LogP contribution in [-0.2, 0) is 4.74 Å². The van der Waals surface area contributed by atoms with E-state index in [4.69, 9.17) is 10.5 Å². The van der Waals surface area contributed by atoms with Gasteiger partial charge in [-0.25, -0.2) is 9.97 Å². The second kappa shape index (κ2) is 4.67. The molecule has 1 fully saturated rings. The number of anilines is 1. The SMILES string of the molecule is CC1OCCC1Sc1nc(N)ncc1Br. The number of rotatable bonds is 2. The molecule has 2 N–H and O–H groups in total. The highest BCUT2D eigenvalue weighted by molar-refractivity contribution is 9.10. The van der Waals surface area contributed by atoms with E-state index in [2.05, 4.69) is 32.8 Å². The lowest BCUT2D eigenvalue weighted by atomic mass is 10.3. The van der Waals surface area contributed by atoms with Crippen LogP contribution in [0.3, 0.4) is 0 Å². The van der Waals surface area contributed by atoms with Gasteiger partial charge in [0.1, 0.15) is 5.03 Å². The maximum absolute atomic E-state index is 5.55. The van der Waals surface area contributed by atoms with Crippen molar-refractivity contribution in [3.05, 3.63) is 10.7 Å². The zero-order valence-electron chi connectivity index (χ0n) is 8.31. The highest BCUT2D eigenvalue weighted by atomic mass is 79.9. The predicted molar refractivity (Wildman–Crippen MR) is 63.8 cm³/mol. The molecule has 1 aromatic heterocycles. The molecule has 15 heavy (non-hydrogen) atoms. The van der Waals surface area contributed by atoms with Crippen LogP contribution < -0.4 is 5.73 Å². The summed E-state index contributed by atoms with van der Waals surface area (Å²) >= 11 is 5.11. The van der Waals surface area contributed by atoms with E-state index in [-0.39, 0.29) is 6.10 Å². The number of thioether (sulfide) groups is 1. The van der Waals surface area contributed by atoms with Crippen LogP contribution in [-0.4, -0.2) is 27.9 Å². The molecule has 0 aliphatic carbocycles. The topological polar surface area (TPSA) is 61.0 Å². The molecule has 0 radical (unpaired) electrons. The summed E-state index contributed by atoms with van der Waals surface area (Å²) in [6, 6.07) is 0. The fourth-order valence-corrected chi connectivity index (χ4v) is 3.01. The Hall–Kier alpha value is -0.330. The van der Waals surface area contributed by atoms with Crippen molar-refractivity contribution in [1.82, 2.24) is 9.97 Å². The quantitative estimate of drug-likeness (QED) is 0.845. The summed E-state index contributed by atoms with van der Waals surface area (Å²) < 4.78 is 6.39. The van der Waals surface area contributed by atoms with Crippen molar-refractivity contribution in [1.29, 1.82) is 0 Å². The molecule has 1 aliphatic rings. The Morgan fingerprint density at radius 2 is 2.47 bits per heavy atom. The molecule has 0 saturated carbocycles. The van der Waals surface area contributed by atoms with Crippen LogP contribution in [0.25, 0.3) is 0 Å². The van der Waals surface area contributed by atoms with Crippen molar-refractivity contribution in [3.8, 4) is 0 Å². The van der Waals surface area contributed by atoms with Crippen LogP contribution >= 0.6 is 27.7 Å². The molecule has 0 spiro atoms. The largest absolute Gasteiger partial charge is 0.377 e. The van der Waals surface area contributed by atoms with Crippen molar-refractivity contribution in [3.63, 3.8) is 0 Å². The average Bonchev–Trinajstić information content (AvgIpc) is 2.58. The third kappa shape index (κ3) is 2.62. The summed E-state index contributed by atoms with van der Waals surface area (Å²) in [7, 11) is 0. The third-order valence-corrected chi connectivity index (χ3v) is 4.60. The second-order valence-electron chi connectivity index (χ2n) is 3.40. The van der Waals surface area contributed by atoms with Gasteiger partial charge in [-0.2, -0.15) is 0 Å². The summed E-state index contributed by atoms with van der Waals surface area (Å²) in [6.45, 7) is 2.92. The molecule has 0 bridgehead atoms. The van der Waals surface area contributed by atoms with Crippen molar-refractivity contribution in [2.45, 2.75) is 29.7 Å². The molecule has 0 aromatic carbocycles. The van der Waals surface area contributed by atoms with E-state index in [0.29, 0.717) is 11.2 Å². The number of nitrogens with two attached hydrogens (primary N) is 1. The Bertz CT molecular complexity index is 363. The molecule has 2 atom stereocenters. The number of nitrogens with zero attached hydrogens (tertiary/aromatic N) is 2. The van der Waals surface area contributed by atoms with E-state index in [1.165, 1.54) is 0 Å². The van der Waals surface area contributed by atoms with Gasteiger partial charge in [0.15, 0.2) is 0 Å². The summed E-state index contributed by atoms with van der Waals surface area (Å²) in [5, 5.41) is 1.35. The molecular formula is C9H12BrN3OS. The van der Waals surface area contributed by atoms with Crippen LogP contribution in [0.2, 0.25) is 0 Å². The van der Waals surface area contributed by atoms with E-state index in [0.717, 1.165) is 22.5 Å². The zero-order chi connectivity index (χ0) is 10.8. The summed E-state index contributed by atoms with van der Waals surface area (Å²) in [6.07, 6.45) is 3.02. The highest BCUT2D eigenvalue weighted by Gasteiger charge is 2.26. The minimum atomic E-state index is 0.276. The average molecular weight is 290 g/mol. The van der Waals surface area contributed by atoms with Gasteiger partial charge in [0.05, 0.1) is 10.6 Å². The molecule has 2 heterocycles. The number of hydrogen-bond donors (Lipinski definition) is 1. The normalized spacial score (nSPS) is 25.7. The van der Waals surface area contributed by atoms with Gasteiger partial charge in [0, 0.05) is 18.1 Å². The van der Waals surface area contributed by atoms with Crippen molar-refractivity contribution in [2.24, 2.45) is 0 Å². The Morgan fingerprint density at radius 1 is 1.67 bits per heavy atom. The molecule has 2 rings (SSSR count). The first-order chi connectivity index (χ1) is 7.16. The summed E-state index contributed by atoms with van der Waals surface area (Å²) in [5.41, 5.74) is 5.55. The van der Waals surface area contributed by atoms with Gasteiger partial charge in [-0.05, 0) is 29.3 Å². The molecule has 4 nitrogen and oxygen atoms in total. The lowest BCUT2D eigenvalue weighted by Gasteiger charge is -2.13. The van der Waals surface area contributed by atoms with Crippen molar-refractivity contribution in [2.75, 3.05) is 12.3 Å².